The molecule has 0 amide bonds. The molecule has 0 fully saturated rings. The maximum atomic E-state index is 12.5. The maximum Gasteiger partial charge on any atom is 0.252 e. The van der Waals surface area contributed by atoms with Crippen molar-refractivity contribution < 1.29 is 9.47 Å². The van der Waals surface area contributed by atoms with Crippen LogP contribution in [-0.4, -0.2) is 19.2 Å². The number of rotatable bonds is 4. The Balaban J connectivity index is 2.26. The molecule has 0 spiro atoms. The summed E-state index contributed by atoms with van der Waals surface area (Å²) in [6.45, 7) is 1.89. The van der Waals surface area contributed by atoms with Crippen LogP contribution in [0.1, 0.15) is 16.8 Å². The molecule has 0 aliphatic heterocycles. The fourth-order valence-corrected chi connectivity index (χ4v) is 2.85. The lowest BCUT2D eigenvalue weighted by molar-refractivity contribution is 0.356. The van der Waals surface area contributed by atoms with Gasteiger partial charge in [-0.2, -0.15) is 0 Å². The second kappa shape index (κ2) is 6.16. The zero-order chi connectivity index (χ0) is 16.4. The van der Waals surface area contributed by atoms with Crippen LogP contribution < -0.4 is 15.0 Å². The molecule has 4 heteroatoms. The van der Waals surface area contributed by atoms with Crippen LogP contribution in [0.2, 0.25) is 0 Å². The summed E-state index contributed by atoms with van der Waals surface area (Å²) in [4.78, 5) is 15.4. The number of hydrogen-bond acceptors (Lipinski definition) is 3. The van der Waals surface area contributed by atoms with Crippen molar-refractivity contribution in [1.29, 1.82) is 0 Å². The number of H-pyrrole nitrogens is 1. The lowest BCUT2D eigenvalue weighted by atomic mass is 9.98. The standard InChI is InChI=1S/C19H19NO3/c1-12-14-10-17(22-2)18(23-3)11-15(14)16(19(21)20-12)9-13-7-5-4-6-8-13/h4-8,10-11H,9H2,1-3H3,(H,20,21). The van der Waals surface area contributed by atoms with E-state index in [-0.39, 0.29) is 5.56 Å². The Morgan fingerprint density at radius 2 is 1.57 bits per heavy atom. The number of aromatic nitrogens is 1. The summed E-state index contributed by atoms with van der Waals surface area (Å²) in [6, 6.07) is 13.8. The molecule has 0 saturated heterocycles. The molecule has 0 saturated carbocycles. The Kier molecular flexibility index (Phi) is 4.06. The van der Waals surface area contributed by atoms with E-state index in [2.05, 4.69) is 4.98 Å². The Labute approximate surface area is 134 Å². The minimum atomic E-state index is -0.0638. The molecule has 0 aliphatic rings. The fraction of sp³-hybridized carbons (Fsp3) is 0.211. The average Bonchev–Trinajstić information content (AvgIpc) is 2.58. The summed E-state index contributed by atoms with van der Waals surface area (Å²) in [5, 5.41) is 1.86. The smallest absolute Gasteiger partial charge is 0.252 e. The molecule has 3 rings (SSSR count). The summed E-state index contributed by atoms with van der Waals surface area (Å²) in [7, 11) is 3.20. The van der Waals surface area contributed by atoms with E-state index in [1.165, 1.54) is 0 Å². The highest BCUT2D eigenvalue weighted by atomic mass is 16.5. The number of benzene rings is 2. The van der Waals surface area contributed by atoms with Crippen LogP contribution in [0.15, 0.2) is 47.3 Å². The van der Waals surface area contributed by atoms with Gasteiger partial charge in [0.15, 0.2) is 11.5 Å². The van der Waals surface area contributed by atoms with Crippen molar-refractivity contribution in [3.8, 4) is 11.5 Å². The lowest BCUT2D eigenvalue weighted by Crippen LogP contribution is -2.15. The first-order valence-electron chi connectivity index (χ1n) is 7.45. The van der Waals surface area contributed by atoms with E-state index in [0.29, 0.717) is 17.9 Å². The first kappa shape index (κ1) is 15.2. The number of nitrogens with one attached hydrogen (secondary N) is 1. The van der Waals surface area contributed by atoms with E-state index in [1.807, 2.05) is 49.4 Å². The molecule has 2 aromatic carbocycles. The van der Waals surface area contributed by atoms with Crippen LogP contribution >= 0.6 is 0 Å². The molecule has 3 aromatic rings. The molecule has 0 bridgehead atoms. The highest BCUT2D eigenvalue weighted by Gasteiger charge is 2.14. The van der Waals surface area contributed by atoms with Crippen molar-refractivity contribution in [2.45, 2.75) is 13.3 Å². The predicted octanol–water partition coefficient (Wildman–Crippen LogP) is 3.44. The lowest BCUT2D eigenvalue weighted by Gasteiger charge is -2.13. The van der Waals surface area contributed by atoms with E-state index in [9.17, 15) is 4.79 Å². The Morgan fingerprint density at radius 1 is 0.957 bits per heavy atom. The minimum Gasteiger partial charge on any atom is -0.493 e. The van der Waals surface area contributed by atoms with Crippen molar-refractivity contribution >= 4 is 10.8 Å². The summed E-state index contributed by atoms with van der Waals surface area (Å²) in [6.07, 6.45) is 0.572. The van der Waals surface area contributed by atoms with Crippen LogP contribution in [-0.2, 0) is 6.42 Å². The molecule has 0 unspecified atom stereocenters. The van der Waals surface area contributed by atoms with Crippen molar-refractivity contribution in [3.63, 3.8) is 0 Å². The van der Waals surface area contributed by atoms with Crippen LogP contribution in [0.3, 0.4) is 0 Å². The molecule has 0 atom stereocenters. The van der Waals surface area contributed by atoms with Gasteiger partial charge in [0.05, 0.1) is 14.2 Å². The van der Waals surface area contributed by atoms with E-state index in [1.54, 1.807) is 14.2 Å². The molecular formula is C19H19NO3. The molecule has 118 valence electrons. The molecule has 1 heterocycles. The van der Waals surface area contributed by atoms with Gasteiger partial charge in [-0.05, 0) is 30.0 Å². The third-order valence-corrected chi connectivity index (χ3v) is 4.05. The van der Waals surface area contributed by atoms with Gasteiger partial charge in [-0.3, -0.25) is 4.79 Å². The van der Waals surface area contributed by atoms with Gasteiger partial charge in [0.25, 0.3) is 5.56 Å². The second-order valence-electron chi connectivity index (χ2n) is 5.47. The van der Waals surface area contributed by atoms with Gasteiger partial charge in [-0.15, -0.1) is 0 Å². The number of methoxy groups -OCH3 is 2. The second-order valence-corrected chi connectivity index (χ2v) is 5.47. The number of aryl methyl sites for hydroxylation is 1. The SMILES string of the molecule is COc1cc2c(C)[nH]c(=O)c(Cc3ccccc3)c2cc1OC. The maximum absolute atomic E-state index is 12.5. The molecule has 0 radical (unpaired) electrons. The average molecular weight is 309 g/mol. The molecule has 0 aliphatic carbocycles. The van der Waals surface area contributed by atoms with Crippen molar-refractivity contribution in [3.05, 3.63) is 69.6 Å². The molecule has 4 nitrogen and oxygen atoms in total. The monoisotopic (exact) mass is 309 g/mol. The first-order valence-corrected chi connectivity index (χ1v) is 7.45. The number of ether oxygens (including phenoxy) is 2. The fourth-order valence-electron chi connectivity index (χ4n) is 2.85. The highest BCUT2D eigenvalue weighted by molar-refractivity contribution is 5.90. The Hall–Kier alpha value is -2.75. The molecular weight excluding hydrogens is 290 g/mol. The highest BCUT2D eigenvalue weighted by Crippen LogP contribution is 2.34. The number of fused-ring (bicyclic) bond motifs is 1. The van der Waals surface area contributed by atoms with Gasteiger partial charge < -0.3 is 14.5 Å². The summed E-state index contributed by atoms with van der Waals surface area (Å²) in [5.41, 5.74) is 2.59. The summed E-state index contributed by atoms with van der Waals surface area (Å²) < 4.78 is 10.8. The zero-order valence-electron chi connectivity index (χ0n) is 13.5. The molecule has 1 N–H and O–H groups in total. The predicted molar refractivity (Wildman–Crippen MR) is 91.7 cm³/mol. The Morgan fingerprint density at radius 3 is 2.17 bits per heavy atom. The Bertz CT molecular complexity index is 898. The number of hydrogen-bond donors (Lipinski definition) is 1. The summed E-state index contributed by atoms with van der Waals surface area (Å²) >= 11 is 0. The quantitative estimate of drug-likeness (QED) is 0.803. The van der Waals surface area contributed by atoms with Crippen LogP contribution in [0.25, 0.3) is 10.8 Å². The van der Waals surface area contributed by atoms with Gasteiger partial charge >= 0.3 is 0 Å². The van der Waals surface area contributed by atoms with Gasteiger partial charge in [0.2, 0.25) is 0 Å². The number of pyridine rings is 1. The van der Waals surface area contributed by atoms with Gasteiger partial charge in [0, 0.05) is 23.1 Å². The van der Waals surface area contributed by atoms with Crippen LogP contribution in [0.5, 0.6) is 11.5 Å². The van der Waals surface area contributed by atoms with E-state index in [0.717, 1.165) is 27.6 Å². The minimum absolute atomic E-state index is 0.0638. The summed E-state index contributed by atoms with van der Waals surface area (Å²) in [5.74, 6) is 1.28. The van der Waals surface area contributed by atoms with Crippen LogP contribution in [0.4, 0.5) is 0 Å². The van der Waals surface area contributed by atoms with Gasteiger partial charge in [0.1, 0.15) is 0 Å². The van der Waals surface area contributed by atoms with Crippen molar-refractivity contribution in [2.75, 3.05) is 14.2 Å². The van der Waals surface area contributed by atoms with E-state index < -0.39 is 0 Å². The molecule has 1 aromatic heterocycles. The van der Waals surface area contributed by atoms with Crippen LogP contribution in [0, 0.1) is 6.92 Å². The normalized spacial score (nSPS) is 10.7. The number of aromatic amines is 1. The van der Waals surface area contributed by atoms with E-state index in [4.69, 9.17) is 9.47 Å². The van der Waals surface area contributed by atoms with E-state index >= 15 is 0 Å². The first-order chi connectivity index (χ1) is 11.1. The molecule has 23 heavy (non-hydrogen) atoms. The third kappa shape index (κ3) is 2.80. The van der Waals surface area contributed by atoms with Gasteiger partial charge in [-0.1, -0.05) is 30.3 Å². The van der Waals surface area contributed by atoms with Crippen molar-refractivity contribution in [2.24, 2.45) is 0 Å². The largest absolute Gasteiger partial charge is 0.493 e. The third-order valence-electron chi connectivity index (χ3n) is 4.05. The van der Waals surface area contributed by atoms with Crippen molar-refractivity contribution in [1.82, 2.24) is 4.98 Å². The van der Waals surface area contributed by atoms with Gasteiger partial charge in [-0.25, -0.2) is 0 Å². The topological polar surface area (TPSA) is 51.3 Å². The zero-order valence-corrected chi connectivity index (χ0v) is 13.5.